The Labute approximate surface area is 188 Å². The van der Waals surface area contributed by atoms with E-state index in [-0.39, 0.29) is 11.3 Å². The van der Waals surface area contributed by atoms with Crippen LogP contribution in [0.4, 0.5) is 0 Å². The lowest BCUT2D eigenvalue weighted by atomic mass is 9.64. The van der Waals surface area contributed by atoms with Crippen LogP contribution in [-0.2, 0) is 12.0 Å². The van der Waals surface area contributed by atoms with Gasteiger partial charge in [-0.3, -0.25) is 4.79 Å². The summed E-state index contributed by atoms with van der Waals surface area (Å²) >= 11 is 5.08. The predicted octanol–water partition coefficient (Wildman–Crippen LogP) is 5.34. The van der Waals surface area contributed by atoms with E-state index >= 15 is 0 Å². The molecule has 3 aromatic rings. The summed E-state index contributed by atoms with van der Waals surface area (Å²) < 4.78 is 12.3. The van der Waals surface area contributed by atoms with Gasteiger partial charge in [-0.2, -0.15) is 0 Å². The molecule has 1 fully saturated rings. The number of rotatable bonds is 8. The summed E-state index contributed by atoms with van der Waals surface area (Å²) in [5.74, 6) is 1.01. The molecule has 1 saturated carbocycles. The van der Waals surface area contributed by atoms with E-state index in [0.29, 0.717) is 30.2 Å². The Bertz CT molecular complexity index is 1020. The highest BCUT2D eigenvalue weighted by Gasteiger charge is 2.39. The average molecular weight is 487 g/mol. The second-order valence-corrected chi connectivity index (χ2v) is 9.10. The van der Waals surface area contributed by atoms with E-state index in [9.17, 15) is 4.79 Å². The van der Waals surface area contributed by atoms with Gasteiger partial charge in [0, 0.05) is 27.4 Å². The van der Waals surface area contributed by atoms with Crippen molar-refractivity contribution in [1.29, 1.82) is 0 Å². The molecule has 0 unspecified atom stereocenters. The van der Waals surface area contributed by atoms with E-state index in [1.165, 1.54) is 23.3 Å². The molecule has 0 saturated heterocycles. The fourth-order valence-electron chi connectivity index (χ4n) is 3.73. The van der Waals surface area contributed by atoms with E-state index in [2.05, 4.69) is 44.4 Å². The highest BCUT2D eigenvalue weighted by Crippen LogP contribution is 2.43. The van der Waals surface area contributed by atoms with Gasteiger partial charge in [0.15, 0.2) is 11.5 Å². The Hall–Kier alpha value is -2.38. The lowest BCUT2D eigenvalue weighted by Gasteiger charge is -2.42. The minimum atomic E-state index is -0.111. The van der Waals surface area contributed by atoms with Crippen molar-refractivity contribution in [2.24, 2.45) is 0 Å². The summed E-state index contributed by atoms with van der Waals surface area (Å²) in [7, 11) is 1.57. The third-order valence-electron chi connectivity index (χ3n) is 5.62. The Kier molecular flexibility index (Phi) is 6.39. The maximum absolute atomic E-state index is 12.8. The van der Waals surface area contributed by atoms with Crippen molar-refractivity contribution in [3.05, 3.63) is 74.6 Å². The first-order chi connectivity index (χ1) is 14.6. The number of thiazole rings is 1. The lowest BCUT2D eigenvalue weighted by Crippen LogP contribution is -2.45. The van der Waals surface area contributed by atoms with Gasteiger partial charge in [0.2, 0.25) is 0 Å². The summed E-state index contributed by atoms with van der Waals surface area (Å²) in [6.45, 7) is 0.979. The maximum Gasteiger partial charge on any atom is 0.251 e. The van der Waals surface area contributed by atoms with Crippen molar-refractivity contribution in [2.45, 2.75) is 31.3 Å². The number of methoxy groups -OCH3 is 1. The van der Waals surface area contributed by atoms with Crippen molar-refractivity contribution in [1.82, 2.24) is 10.3 Å². The zero-order valence-electron chi connectivity index (χ0n) is 16.7. The van der Waals surface area contributed by atoms with Crippen LogP contribution in [0.2, 0.25) is 0 Å². The van der Waals surface area contributed by atoms with Crippen LogP contribution < -0.4 is 14.8 Å². The van der Waals surface area contributed by atoms with Crippen LogP contribution in [0.5, 0.6) is 11.5 Å². The predicted molar refractivity (Wildman–Crippen MR) is 121 cm³/mol. The second kappa shape index (κ2) is 9.18. The summed E-state index contributed by atoms with van der Waals surface area (Å²) in [4.78, 5) is 17.0. The molecule has 1 N–H and O–H groups in total. The molecule has 2 aromatic carbocycles. The van der Waals surface area contributed by atoms with Gasteiger partial charge >= 0.3 is 0 Å². The van der Waals surface area contributed by atoms with Gasteiger partial charge in [-0.25, -0.2) is 4.98 Å². The minimum absolute atomic E-state index is 0.0140. The molecule has 4 rings (SSSR count). The number of hydrogen-bond donors (Lipinski definition) is 1. The SMILES string of the molecule is COc1cc(C(=O)NCC2(c3cccc(Br)c3)CCC2)ccc1OCc1cscn1. The molecule has 1 heterocycles. The lowest BCUT2D eigenvalue weighted by molar-refractivity contribution is 0.0927. The molecule has 1 aliphatic carbocycles. The van der Waals surface area contributed by atoms with E-state index in [0.717, 1.165) is 23.0 Å². The first-order valence-electron chi connectivity index (χ1n) is 9.82. The largest absolute Gasteiger partial charge is 0.493 e. The van der Waals surface area contributed by atoms with E-state index in [4.69, 9.17) is 9.47 Å². The molecule has 0 aliphatic heterocycles. The summed E-state index contributed by atoms with van der Waals surface area (Å²) in [6, 6.07) is 13.6. The number of hydrogen-bond acceptors (Lipinski definition) is 5. The third-order valence-corrected chi connectivity index (χ3v) is 6.75. The number of benzene rings is 2. The molecular formula is C23H23BrN2O3S. The van der Waals surface area contributed by atoms with Gasteiger partial charge in [0.25, 0.3) is 5.91 Å². The molecule has 7 heteroatoms. The molecule has 5 nitrogen and oxygen atoms in total. The second-order valence-electron chi connectivity index (χ2n) is 7.46. The molecule has 1 aromatic heterocycles. The van der Waals surface area contributed by atoms with Crippen LogP contribution in [0.1, 0.15) is 40.9 Å². The molecule has 0 bridgehead atoms. The third kappa shape index (κ3) is 4.52. The molecule has 1 amide bonds. The topological polar surface area (TPSA) is 60.5 Å². The zero-order chi connectivity index (χ0) is 21.0. The number of amides is 1. The average Bonchev–Trinajstić information content (AvgIpc) is 3.25. The maximum atomic E-state index is 12.8. The fraction of sp³-hybridized carbons (Fsp3) is 0.304. The number of carbonyl (C=O) groups excluding carboxylic acids is 1. The molecule has 0 radical (unpaired) electrons. The van der Waals surface area contributed by atoms with Gasteiger partial charge in [0.05, 0.1) is 18.3 Å². The Morgan fingerprint density at radius 1 is 1.23 bits per heavy atom. The van der Waals surface area contributed by atoms with Crippen molar-refractivity contribution in [3.63, 3.8) is 0 Å². The molecular weight excluding hydrogens is 464 g/mol. The molecule has 0 spiro atoms. The smallest absolute Gasteiger partial charge is 0.251 e. The van der Waals surface area contributed by atoms with Crippen molar-refractivity contribution in [3.8, 4) is 11.5 Å². The van der Waals surface area contributed by atoms with Crippen molar-refractivity contribution >= 4 is 33.2 Å². The first kappa shape index (κ1) is 20.9. The minimum Gasteiger partial charge on any atom is -0.493 e. The molecule has 30 heavy (non-hydrogen) atoms. The van der Waals surface area contributed by atoms with Crippen molar-refractivity contribution < 1.29 is 14.3 Å². The fourth-order valence-corrected chi connectivity index (χ4v) is 4.67. The first-order valence-corrected chi connectivity index (χ1v) is 11.6. The number of aromatic nitrogens is 1. The monoisotopic (exact) mass is 486 g/mol. The van der Waals surface area contributed by atoms with Crippen LogP contribution in [0.25, 0.3) is 0 Å². The van der Waals surface area contributed by atoms with Gasteiger partial charge < -0.3 is 14.8 Å². The number of ether oxygens (including phenoxy) is 2. The zero-order valence-corrected chi connectivity index (χ0v) is 19.1. The summed E-state index contributed by atoms with van der Waals surface area (Å²) in [6.07, 6.45) is 3.34. The number of nitrogens with one attached hydrogen (secondary N) is 1. The van der Waals surface area contributed by atoms with Crippen LogP contribution >= 0.6 is 27.3 Å². The van der Waals surface area contributed by atoms with Crippen LogP contribution in [0, 0.1) is 0 Å². The van der Waals surface area contributed by atoms with Gasteiger partial charge in [-0.05, 0) is 48.7 Å². The van der Waals surface area contributed by atoms with Crippen molar-refractivity contribution in [2.75, 3.05) is 13.7 Å². The van der Waals surface area contributed by atoms with E-state index in [1.54, 1.807) is 30.8 Å². The van der Waals surface area contributed by atoms with Crippen LogP contribution in [0.15, 0.2) is 57.8 Å². The van der Waals surface area contributed by atoms with Crippen LogP contribution in [-0.4, -0.2) is 24.5 Å². The van der Waals surface area contributed by atoms with E-state index < -0.39 is 0 Å². The quantitative estimate of drug-likeness (QED) is 0.466. The normalized spacial score (nSPS) is 14.6. The van der Waals surface area contributed by atoms with Gasteiger partial charge in [-0.1, -0.05) is 34.5 Å². The molecule has 1 aliphatic rings. The number of halogens is 1. The highest BCUT2D eigenvalue weighted by molar-refractivity contribution is 9.10. The van der Waals surface area contributed by atoms with Gasteiger partial charge in [0.1, 0.15) is 6.61 Å². The number of carbonyl (C=O) groups is 1. The Morgan fingerprint density at radius 2 is 2.10 bits per heavy atom. The Balaban J connectivity index is 1.42. The standard InChI is InChI=1S/C23H23BrN2O3S/c1-28-21-10-16(6-7-20(21)29-12-19-13-30-15-26-19)22(27)25-14-23(8-3-9-23)17-4-2-5-18(24)11-17/h2,4-7,10-11,13,15H,3,8-9,12,14H2,1H3,(H,25,27). The van der Waals surface area contributed by atoms with Crippen LogP contribution in [0.3, 0.4) is 0 Å². The molecule has 0 atom stereocenters. The Morgan fingerprint density at radius 3 is 2.77 bits per heavy atom. The highest BCUT2D eigenvalue weighted by atomic mass is 79.9. The van der Waals surface area contributed by atoms with Gasteiger partial charge in [-0.15, -0.1) is 11.3 Å². The summed E-state index contributed by atoms with van der Waals surface area (Å²) in [5, 5.41) is 5.07. The number of nitrogens with zero attached hydrogens (tertiary/aromatic N) is 1. The van der Waals surface area contributed by atoms with E-state index in [1.807, 2.05) is 11.4 Å². The molecule has 156 valence electrons. The summed E-state index contributed by atoms with van der Waals surface area (Å²) in [5.41, 5.74) is 4.47.